The Balaban J connectivity index is 0.000000148. The number of methoxy groups -OCH3 is 2. The number of fused-ring (bicyclic) bond motifs is 3. The highest BCUT2D eigenvalue weighted by Gasteiger charge is 2.08. The first kappa shape index (κ1) is 31.4. The van der Waals surface area contributed by atoms with Crippen molar-refractivity contribution < 1.29 is 9.47 Å². The van der Waals surface area contributed by atoms with Crippen molar-refractivity contribution in [2.45, 2.75) is 41.5 Å². The molecule has 6 rings (SSSR count). The van der Waals surface area contributed by atoms with Crippen LogP contribution in [0.25, 0.3) is 32.3 Å². The predicted molar refractivity (Wildman–Crippen MR) is 188 cm³/mol. The zero-order valence-electron chi connectivity index (χ0n) is 27.4. The van der Waals surface area contributed by atoms with Crippen molar-refractivity contribution in [3.63, 3.8) is 0 Å². The molecule has 0 N–H and O–H groups in total. The van der Waals surface area contributed by atoms with Gasteiger partial charge in [0.2, 0.25) is 0 Å². The van der Waals surface area contributed by atoms with Crippen molar-refractivity contribution in [3.8, 4) is 11.5 Å². The number of aryl methyl sites for hydroxylation is 5. The van der Waals surface area contributed by atoms with Crippen molar-refractivity contribution in [1.82, 2.24) is 0 Å². The van der Waals surface area contributed by atoms with Crippen molar-refractivity contribution in [2.24, 2.45) is 0 Å². The Hall–Kier alpha value is -4.50. The average Bonchev–Trinajstić information content (AvgIpc) is 3.03. The molecule has 6 aromatic rings. The maximum absolute atomic E-state index is 5.36. The van der Waals surface area contributed by atoms with Crippen LogP contribution in [-0.2, 0) is 0 Å². The zero-order valence-corrected chi connectivity index (χ0v) is 27.4. The molecule has 0 saturated carbocycles. The molecule has 0 fully saturated rings. The fourth-order valence-electron chi connectivity index (χ4n) is 5.61. The van der Waals surface area contributed by atoms with Gasteiger partial charge in [0.15, 0.2) is 0 Å². The summed E-state index contributed by atoms with van der Waals surface area (Å²) in [4.78, 5) is 2.18. The Bertz CT molecular complexity index is 1880. The molecule has 0 aromatic heterocycles. The highest BCUT2D eigenvalue weighted by atomic mass is 16.5. The van der Waals surface area contributed by atoms with Crippen LogP contribution in [-0.4, -0.2) is 28.3 Å². The van der Waals surface area contributed by atoms with E-state index in [9.17, 15) is 0 Å². The summed E-state index contributed by atoms with van der Waals surface area (Å²) in [5.41, 5.74) is 9.19. The lowest BCUT2D eigenvalue weighted by atomic mass is 9.99. The van der Waals surface area contributed by atoms with Gasteiger partial charge in [-0.2, -0.15) is 0 Å². The van der Waals surface area contributed by atoms with Gasteiger partial charge in [-0.15, -0.1) is 0 Å². The van der Waals surface area contributed by atoms with Gasteiger partial charge in [-0.3, -0.25) is 0 Å². The Morgan fingerprint density at radius 1 is 0.442 bits per heavy atom. The fourth-order valence-corrected chi connectivity index (χ4v) is 5.61. The van der Waals surface area contributed by atoms with Crippen LogP contribution in [0, 0.1) is 41.5 Å². The number of ether oxygens (including phenoxy) is 2. The molecule has 3 nitrogen and oxygen atoms in total. The lowest BCUT2D eigenvalue weighted by Crippen LogP contribution is -2.09. The first-order valence-electron chi connectivity index (χ1n) is 14.8. The molecule has 0 radical (unpaired) electrons. The Morgan fingerprint density at radius 2 is 0.907 bits per heavy atom. The van der Waals surface area contributed by atoms with Gasteiger partial charge in [0, 0.05) is 30.6 Å². The fraction of sp³-hybridized carbons (Fsp3) is 0.250. The number of nitrogens with zero attached hydrogens (tertiary/aromatic N) is 1. The summed E-state index contributed by atoms with van der Waals surface area (Å²) in [5.74, 6) is 1.94. The third-order valence-corrected chi connectivity index (χ3v) is 8.59. The second-order valence-corrected chi connectivity index (χ2v) is 11.4. The number of benzene rings is 6. The van der Waals surface area contributed by atoms with Gasteiger partial charge in [-0.25, -0.2) is 0 Å². The van der Waals surface area contributed by atoms with Crippen LogP contribution < -0.4 is 14.4 Å². The van der Waals surface area contributed by atoms with Gasteiger partial charge in [0.1, 0.15) is 11.5 Å². The molecule has 0 spiro atoms. The van der Waals surface area contributed by atoms with E-state index >= 15 is 0 Å². The van der Waals surface area contributed by atoms with E-state index in [-0.39, 0.29) is 0 Å². The molecule has 43 heavy (non-hydrogen) atoms. The molecular formula is C40H45NO2. The smallest absolute Gasteiger partial charge is 0.126 e. The number of rotatable bonds is 3. The standard InChI is InChI=1S/C14H17N.2C13H14O/c1-10-9-14(15(3)4)13-8-6-5-7-12(13)11(10)2;1-9-10(2)13(14-3)8-11-6-4-5-7-12(9)11;1-9-8-13(14-3)12-7-5-4-6-11(12)10(9)2/h5-9H,1-4H3;2*4-8H,1-3H3. The molecule has 0 aliphatic rings. The molecule has 6 aromatic carbocycles. The van der Waals surface area contributed by atoms with E-state index in [1.807, 2.05) is 6.07 Å². The minimum Gasteiger partial charge on any atom is -0.496 e. The lowest BCUT2D eigenvalue weighted by molar-refractivity contribution is 0.412. The van der Waals surface area contributed by atoms with Crippen LogP contribution in [0.2, 0.25) is 0 Å². The number of hydrogen-bond acceptors (Lipinski definition) is 3. The van der Waals surface area contributed by atoms with Gasteiger partial charge in [-0.1, -0.05) is 72.8 Å². The molecule has 0 atom stereocenters. The summed E-state index contributed by atoms with van der Waals surface area (Å²) >= 11 is 0. The first-order valence-corrected chi connectivity index (χ1v) is 14.8. The summed E-state index contributed by atoms with van der Waals surface area (Å²) < 4.78 is 10.7. The maximum atomic E-state index is 5.36. The minimum absolute atomic E-state index is 0.962. The van der Waals surface area contributed by atoms with E-state index in [1.165, 1.54) is 71.4 Å². The third-order valence-electron chi connectivity index (χ3n) is 8.59. The minimum atomic E-state index is 0.962. The molecule has 0 aliphatic heterocycles. The molecule has 0 aliphatic carbocycles. The molecule has 0 heterocycles. The van der Waals surface area contributed by atoms with Crippen LogP contribution in [0.4, 0.5) is 5.69 Å². The van der Waals surface area contributed by atoms with Gasteiger partial charge in [-0.05, 0) is 115 Å². The van der Waals surface area contributed by atoms with Crippen LogP contribution >= 0.6 is 0 Å². The monoisotopic (exact) mass is 571 g/mol. The Morgan fingerprint density at radius 3 is 1.47 bits per heavy atom. The van der Waals surface area contributed by atoms with Crippen LogP contribution in [0.15, 0.2) is 91.0 Å². The topological polar surface area (TPSA) is 21.7 Å². The molecule has 0 unspecified atom stereocenters. The zero-order chi connectivity index (χ0) is 31.3. The van der Waals surface area contributed by atoms with Gasteiger partial charge >= 0.3 is 0 Å². The molecule has 0 amide bonds. The normalized spacial score (nSPS) is 10.6. The summed E-state index contributed by atoms with van der Waals surface area (Å²) in [7, 11) is 7.63. The maximum Gasteiger partial charge on any atom is 0.126 e. The highest BCUT2D eigenvalue weighted by molar-refractivity contribution is 5.97. The Kier molecular flexibility index (Phi) is 9.98. The van der Waals surface area contributed by atoms with Gasteiger partial charge < -0.3 is 14.4 Å². The lowest BCUT2D eigenvalue weighted by Gasteiger charge is -2.18. The number of hydrogen-bond donors (Lipinski definition) is 0. The molecule has 0 saturated heterocycles. The molecule has 222 valence electrons. The Labute approximate surface area is 257 Å². The average molecular weight is 572 g/mol. The second-order valence-electron chi connectivity index (χ2n) is 11.4. The van der Waals surface area contributed by atoms with Crippen molar-refractivity contribution >= 4 is 38.0 Å². The summed E-state index contributed by atoms with van der Waals surface area (Å²) in [6.45, 7) is 12.9. The largest absolute Gasteiger partial charge is 0.496 e. The summed E-state index contributed by atoms with van der Waals surface area (Å²) in [6, 6.07) is 31.8. The predicted octanol–water partition coefficient (Wildman–Crippen LogP) is 10.5. The van der Waals surface area contributed by atoms with Crippen molar-refractivity contribution in [3.05, 3.63) is 124 Å². The quantitative estimate of drug-likeness (QED) is 0.211. The van der Waals surface area contributed by atoms with E-state index in [4.69, 9.17) is 9.47 Å². The van der Waals surface area contributed by atoms with Crippen molar-refractivity contribution in [2.75, 3.05) is 33.2 Å². The van der Waals surface area contributed by atoms with E-state index < -0.39 is 0 Å². The number of anilines is 1. The second kappa shape index (κ2) is 13.6. The first-order chi connectivity index (χ1) is 20.6. The van der Waals surface area contributed by atoms with Crippen LogP contribution in [0.1, 0.15) is 33.4 Å². The van der Waals surface area contributed by atoms with E-state index in [2.05, 4.69) is 145 Å². The van der Waals surface area contributed by atoms with Gasteiger partial charge in [0.05, 0.1) is 14.2 Å². The third kappa shape index (κ3) is 6.62. The highest BCUT2D eigenvalue weighted by Crippen LogP contribution is 2.32. The van der Waals surface area contributed by atoms with Crippen LogP contribution in [0.5, 0.6) is 11.5 Å². The van der Waals surface area contributed by atoms with E-state index in [1.54, 1.807) is 14.2 Å². The van der Waals surface area contributed by atoms with E-state index in [0.717, 1.165) is 11.5 Å². The molecular weight excluding hydrogens is 526 g/mol. The van der Waals surface area contributed by atoms with Crippen LogP contribution in [0.3, 0.4) is 0 Å². The van der Waals surface area contributed by atoms with Gasteiger partial charge in [0.25, 0.3) is 0 Å². The summed E-state index contributed by atoms with van der Waals surface area (Å²) in [6.07, 6.45) is 0. The van der Waals surface area contributed by atoms with Crippen molar-refractivity contribution in [1.29, 1.82) is 0 Å². The van der Waals surface area contributed by atoms with E-state index in [0.29, 0.717) is 0 Å². The molecule has 0 bridgehead atoms. The molecule has 3 heteroatoms. The SMILES string of the molecule is COc1cc(C)c(C)c2ccccc12.COc1cc2ccccc2c(C)c1C.Cc1cc(N(C)C)c2ccccc2c1C. The summed E-state index contributed by atoms with van der Waals surface area (Å²) in [5, 5.41) is 7.73.